The van der Waals surface area contributed by atoms with Crippen LogP contribution in [-0.2, 0) is 0 Å². The molecule has 1 aliphatic rings. The SMILES string of the molecule is CCC1CCC(CNc2ncc(C)[nH]2)CC1. The van der Waals surface area contributed by atoms with Crippen molar-refractivity contribution in [3.8, 4) is 0 Å². The third kappa shape index (κ3) is 3.00. The van der Waals surface area contributed by atoms with E-state index in [2.05, 4.69) is 22.2 Å². The Balaban J connectivity index is 1.71. The molecule has 90 valence electrons. The van der Waals surface area contributed by atoms with Crippen molar-refractivity contribution >= 4 is 5.95 Å². The average molecular weight is 221 g/mol. The van der Waals surface area contributed by atoms with Crippen LogP contribution in [0.3, 0.4) is 0 Å². The number of aromatic amines is 1. The summed E-state index contributed by atoms with van der Waals surface area (Å²) in [5, 5.41) is 3.40. The Morgan fingerprint density at radius 2 is 2.00 bits per heavy atom. The van der Waals surface area contributed by atoms with Crippen molar-refractivity contribution < 1.29 is 0 Å². The first-order valence-corrected chi connectivity index (χ1v) is 6.53. The summed E-state index contributed by atoms with van der Waals surface area (Å²) in [6.07, 6.45) is 8.82. The van der Waals surface area contributed by atoms with Crippen LogP contribution in [0.4, 0.5) is 5.95 Å². The summed E-state index contributed by atoms with van der Waals surface area (Å²) in [6, 6.07) is 0. The molecule has 0 spiro atoms. The summed E-state index contributed by atoms with van der Waals surface area (Å²) >= 11 is 0. The lowest BCUT2D eigenvalue weighted by molar-refractivity contribution is 0.278. The number of hydrogen-bond acceptors (Lipinski definition) is 2. The fourth-order valence-corrected chi connectivity index (χ4v) is 2.59. The maximum absolute atomic E-state index is 4.26. The lowest BCUT2D eigenvalue weighted by atomic mass is 9.81. The zero-order chi connectivity index (χ0) is 11.4. The van der Waals surface area contributed by atoms with Gasteiger partial charge in [0, 0.05) is 18.4 Å². The van der Waals surface area contributed by atoms with Crippen LogP contribution in [-0.4, -0.2) is 16.5 Å². The van der Waals surface area contributed by atoms with Gasteiger partial charge >= 0.3 is 0 Å². The van der Waals surface area contributed by atoms with E-state index in [0.717, 1.165) is 30.0 Å². The standard InChI is InChI=1S/C13H23N3/c1-3-11-4-6-12(7-5-11)9-15-13-14-8-10(2)16-13/h8,11-12H,3-7,9H2,1-2H3,(H2,14,15,16). The van der Waals surface area contributed by atoms with Gasteiger partial charge in [0.15, 0.2) is 5.95 Å². The third-order valence-electron chi connectivity index (χ3n) is 3.80. The molecule has 0 aliphatic heterocycles. The largest absolute Gasteiger partial charge is 0.356 e. The number of anilines is 1. The number of aryl methyl sites for hydroxylation is 1. The lowest BCUT2D eigenvalue weighted by Gasteiger charge is -2.27. The third-order valence-corrected chi connectivity index (χ3v) is 3.80. The van der Waals surface area contributed by atoms with Crippen LogP contribution in [0.5, 0.6) is 0 Å². The summed E-state index contributed by atoms with van der Waals surface area (Å²) in [7, 11) is 0. The second-order valence-corrected chi connectivity index (χ2v) is 5.09. The summed E-state index contributed by atoms with van der Waals surface area (Å²) < 4.78 is 0. The second-order valence-electron chi connectivity index (χ2n) is 5.09. The number of nitrogens with zero attached hydrogens (tertiary/aromatic N) is 1. The molecule has 1 fully saturated rings. The van der Waals surface area contributed by atoms with E-state index in [9.17, 15) is 0 Å². The molecule has 1 saturated carbocycles. The molecule has 1 aliphatic carbocycles. The molecule has 0 radical (unpaired) electrons. The molecule has 1 aromatic rings. The van der Waals surface area contributed by atoms with E-state index in [1.54, 1.807) is 0 Å². The van der Waals surface area contributed by atoms with Crippen LogP contribution in [0.25, 0.3) is 0 Å². The van der Waals surface area contributed by atoms with Gasteiger partial charge in [-0.15, -0.1) is 0 Å². The van der Waals surface area contributed by atoms with Gasteiger partial charge in [0.2, 0.25) is 0 Å². The molecule has 0 bridgehead atoms. The number of nitrogens with one attached hydrogen (secondary N) is 2. The van der Waals surface area contributed by atoms with Crippen LogP contribution < -0.4 is 5.32 Å². The van der Waals surface area contributed by atoms with E-state index in [4.69, 9.17) is 0 Å². The first kappa shape index (κ1) is 11.5. The molecule has 0 atom stereocenters. The fraction of sp³-hybridized carbons (Fsp3) is 0.769. The molecule has 3 nitrogen and oxygen atoms in total. The van der Waals surface area contributed by atoms with Crippen molar-refractivity contribution in [3.05, 3.63) is 11.9 Å². The quantitative estimate of drug-likeness (QED) is 0.818. The van der Waals surface area contributed by atoms with E-state index in [1.807, 2.05) is 13.1 Å². The van der Waals surface area contributed by atoms with Gasteiger partial charge in [-0.1, -0.05) is 26.2 Å². The van der Waals surface area contributed by atoms with Gasteiger partial charge in [0.1, 0.15) is 0 Å². The highest BCUT2D eigenvalue weighted by molar-refractivity contribution is 5.25. The van der Waals surface area contributed by atoms with Crippen molar-refractivity contribution in [1.29, 1.82) is 0 Å². The smallest absolute Gasteiger partial charge is 0.200 e. The van der Waals surface area contributed by atoms with Crippen molar-refractivity contribution in [2.45, 2.75) is 46.0 Å². The van der Waals surface area contributed by atoms with E-state index < -0.39 is 0 Å². The van der Waals surface area contributed by atoms with Crippen molar-refractivity contribution in [2.75, 3.05) is 11.9 Å². The van der Waals surface area contributed by atoms with Gasteiger partial charge < -0.3 is 10.3 Å². The van der Waals surface area contributed by atoms with Crippen molar-refractivity contribution in [3.63, 3.8) is 0 Å². The maximum Gasteiger partial charge on any atom is 0.200 e. The lowest BCUT2D eigenvalue weighted by Crippen LogP contribution is -2.21. The predicted octanol–water partition coefficient (Wildman–Crippen LogP) is 3.35. The molecule has 3 heteroatoms. The molecular weight excluding hydrogens is 198 g/mol. The number of H-pyrrole nitrogens is 1. The zero-order valence-corrected chi connectivity index (χ0v) is 10.4. The van der Waals surface area contributed by atoms with Crippen LogP contribution in [0, 0.1) is 18.8 Å². The number of hydrogen-bond donors (Lipinski definition) is 2. The van der Waals surface area contributed by atoms with Crippen LogP contribution >= 0.6 is 0 Å². The van der Waals surface area contributed by atoms with Gasteiger partial charge in [-0.25, -0.2) is 4.98 Å². The van der Waals surface area contributed by atoms with E-state index in [-0.39, 0.29) is 0 Å². The minimum atomic E-state index is 0.841. The Kier molecular flexibility index (Phi) is 3.86. The highest BCUT2D eigenvalue weighted by atomic mass is 15.1. The second kappa shape index (κ2) is 5.37. The zero-order valence-electron chi connectivity index (χ0n) is 10.4. The molecule has 2 N–H and O–H groups in total. The molecule has 2 rings (SSSR count). The Bertz CT molecular complexity index is 311. The Labute approximate surface area is 98.1 Å². The topological polar surface area (TPSA) is 40.7 Å². The summed E-state index contributed by atoms with van der Waals surface area (Å²) in [6.45, 7) is 5.42. The predicted molar refractivity (Wildman–Crippen MR) is 67.6 cm³/mol. The minimum Gasteiger partial charge on any atom is -0.356 e. The summed E-state index contributed by atoms with van der Waals surface area (Å²) in [5.41, 5.74) is 1.12. The molecule has 16 heavy (non-hydrogen) atoms. The van der Waals surface area contributed by atoms with Crippen LogP contribution in [0.2, 0.25) is 0 Å². The molecule has 0 saturated heterocycles. The molecular formula is C13H23N3. The van der Waals surface area contributed by atoms with E-state index >= 15 is 0 Å². The maximum atomic E-state index is 4.26. The number of imidazole rings is 1. The Morgan fingerprint density at radius 3 is 2.56 bits per heavy atom. The molecule has 1 aromatic heterocycles. The number of aromatic nitrogens is 2. The molecule has 1 heterocycles. The molecule has 0 amide bonds. The van der Waals surface area contributed by atoms with Crippen LogP contribution in [0.1, 0.15) is 44.7 Å². The highest BCUT2D eigenvalue weighted by Crippen LogP contribution is 2.30. The monoisotopic (exact) mass is 221 g/mol. The van der Waals surface area contributed by atoms with Crippen molar-refractivity contribution in [2.24, 2.45) is 11.8 Å². The minimum absolute atomic E-state index is 0.841. The van der Waals surface area contributed by atoms with Crippen molar-refractivity contribution in [1.82, 2.24) is 9.97 Å². The van der Waals surface area contributed by atoms with Gasteiger partial charge in [-0.3, -0.25) is 0 Å². The summed E-state index contributed by atoms with van der Waals surface area (Å²) in [5.74, 6) is 2.76. The molecule has 0 unspecified atom stereocenters. The van der Waals surface area contributed by atoms with E-state index in [1.165, 1.54) is 32.1 Å². The molecule has 0 aromatic carbocycles. The summed E-state index contributed by atoms with van der Waals surface area (Å²) in [4.78, 5) is 7.48. The normalized spacial score (nSPS) is 25.6. The first-order valence-electron chi connectivity index (χ1n) is 6.53. The number of rotatable bonds is 4. The Hall–Kier alpha value is -0.990. The average Bonchev–Trinajstić information content (AvgIpc) is 2.73. The van der Waals surface area contributed by atoms with Gasteiger partial charge in [-0.2, -0.15) is 0 Å². The Morgan fingerprint density at radius 1 is 1.31 bits per heavy atom. The first-order chi connectivity index (χ1) is 7.78. The van der Waals surface area contributed by atoms with E-state index in [0.29, 0.717) is 0 Å². The highest BCUT2D eigenvalue weighted by Gasteiger charge is 2.19. The van der Waals surface area contributed by atoms with Gasteiger partial charge in [-0.05, 0) is 31.6 Å². The van der Waals surface area contributed by atoms with Crippen LogP contribution in [0.15, 0.2) is 6.20 Å². The van der Waals surface area contributed by atoms with Gasteiger partial charge in [0.25, 0.3) is 0 Å². The fourth-order valence-electron chi connectivity index (χ4n) is 2.59. The van der Waals surface area contributed by atoms with Gasteiger partial charge in [0.05, 0.1) is 0 Å².